The molecule has 1 aliphatic rings. The number of piperidine rings is 1. The SMILES string of the molecule is CC(C)Nc1cc(N2CCCC(c3nccn3CCN(C)C)C2)ncn1. The van der Waals surface area contributed by atoms with E-state index in [1.165, 1.54) is 12.2 Å². The van der Waals surface area contributed by atoms with E-state index < -0.39 is 0 Å². The van der Waals surface area contributed by atoms with Gasteiger partial charge in [0.1, 0.15) is 23.8 Å². The van der Waals surface area contributed by atoms with Crippen molar-refractivity contribution in [3.63, 3.8) is 0 Å². The van der Waals surface area contributed by atoms with E-state index in [1.54, 1.807) is 6.33 Å². The molecule has 142 valence electrons. The molecule has 0 spiro atoms. The largest absolute Gasteiger partial charge is 0.368 e. The molecule has 0 aliphatic carbocycles. The van der Waals surface area contributed by atoms with Gasteiger partial charge in [0.2, 0.25) is 0 Å². The van der Waals surface area contributed by atoms with Gasteiger partial charge in [0, 0.05) is 56.6 Å². The van der Waals surface area contributed by atoms with Crippen molar-refractivity contribution in [3.8, 4) is 0 Å². The molecule has 2 aromatic rings. The number of nitrogens with one attached hydrogen (secondary N) is 1. The maximum Gasteiger partial charge on any atom is 0.134 e. The average molecular weight is 358 g/mol. The summed E-state index contributed by atoms with van der Waals surface area (Å²) in [5, 5.41) is 3.36. The molecule has 0 bridgehead atoms. The quantitative estimate of drug-likeness (QED) is 0.821. The molecule has 1 atom stereocenters. The fraction of sp³-hybridized carbons (Fsp3) is 0.632. The summed E-state index contributed by atoms with van der Waals surface area (Å²) < 4.78 is 2.31. The molecule has 1 aliphatic heterocycles. The molecule has 26 heavy (non-hydrogen) atoms. The molecule has 0 radical (unpaired) electrons. The van der Waals surface area contributed by atoms with Crippen molar-refractivity contribution in [2.24, 2.45) is 0 Å². The van der Waals surface area contributed by atoms with E-state index in [-0.39, 0.29) is 0 Å². The van der Waals surface area contributed by atoms with E-state index in [0.29, 0.717) is 12.0 Å². The lowest BCUT2D eigenvalue weighted by Gasteiger charge is -2.33. The van der Waals surface area contributed by atoms with E-state index >= 15 is 0 Å². The van der Waals surface area contributed by atoms with E-state index in [9.17, 15) is 0 Å². The first-order valence-corrected chi connectivity index (χ1v) is 9.52. The van der Waals surface area contributed by atoms with Crippen molar-refractivity contribution in [2.45, 2.75) is 45.2 Å². The van der Waals surface area contributed by atoms with Crippen molar-refractivity contribution in [2.75, 3.05) is 43.9 Å². The molecule has 0 saturated carbocycles. The zero-order valence-corrected chi connectivity index (χ0v) is 16.4. The lowest BCUT2D eigenvalue weighted by molar-refractivity contribution is 0.373. The van der Waals surface area contributed by atoms with Gasteiger partial charge in [-0.05, 0) is 40.8 Å². The molecule has 7 heteroatoms. The number of nitrogens with zero attached hydrogens (tertiary/aromatic N) is 6. The zero-order chi connectivity index (χ0) is 18.5. The van der Waals surface area contributed by atoms with E-state index in [0.717, 1.165) is 44.2 Å². The van der Waals surface area contributed by atoms with Crippen molar-refractivity contribution in [3.05, 3.63) is 30.6 Å². The van der Waals surface area contributed by atoms with Crippen LogP contribution in [0.3, 0.4) is 0 Å². The molecule has 3 heterocycles. The van der Waals surface area contributed by atoms with Gasteiger partial charge >= 0.3 is 0 Å². The summed E-state index contributed by atoms with van der Waals surface area (Å²) in [7, 11) is 4.22. The summed E-state index contributed by atoms with van der Waals surface area (Å²) in [4.78, 5) is 18.1. The Morgan fingerprint density at radius 2 is 2.12 bits per heavy atom. The molecule has 2 aromatic heterocycles. The lowest BCUT2D eigenvalue weighted by Crippen LogP contribution is -2.36. The van der Waals surface area contributed by atoms with Crippen LogP contribution in [0.5, 0.6) is 0 Å². The van der Waals surface area contributed by atoms with Crippen molar-refractivity contribution in [1.82, 2.24) is 24.4 Å². The maximum atomic E-state index is 4.68. The van der Waals surface area contributed by atoms with Crippen LogP contribution in [0.4, 0.5) is 11.6 Å². The fourth-order valence-electron chi connectivity index (χ4n) is 3.47. The summed E-state index contributed by atoms with van der Waals surface area (Å²) in [6, 6.07) is 2.41. The van der Waals surface area contributed by atoms with Gasteiger partial charge in [-0.2, -0.15) is 0 Å². The Balaban J connectivity index is 1.71. The number of anilines is 2. The highest BCUT2D eigenvalue weighted by molar-refractivity contribution is 5.49. The number of rotatable bonds is 7. The molecule has 3 rings (SSSR count). The molecular formula is C19H31N7. The van der Waals surface area contributed by atoms with Crippen LogP contribution in [0, 0.1) is 0 Å². The van der Waals surface area contributed by atoms with E-state index in [4.69, 9.17) is 0 Å². The first-order valence-electron chi connectivity index (χ1n) is 9.52. The first-order chi connectivity index (χ1) is 12.5. The van der Waals surface area contributed by atoms with Crippen molar-refractivity contribution in [1.29, 1.82) is 0 Å². The average Bonchev–Trinajstić information content (AvgIpc) is 3.08. The minimum Gasteiger partial charge on any atom is -0.368 e. The molecule has 7 nitrogen and oxygen atoms in total. The normalized spacial score (nSPS) is 17.9. The predicted octanol–water partition coefficient (Wildman–Crippen LogP) is 2.44. The summed E-state index contributed by atoms with van der Waals surface area (Å²) >= 11 is 0. The third-order valence-corrected chi connectivity index (χ3v) is 4.74. The van der Waals surface area contributed by atoms with Crippen LogP contribution >= 0.6 is 0 Å². The van der Waals surface area contributed by atoms with Gasteiger partial charge in [0.25, 0.3) is 0 Å². The monoisotopic (exact) mass is 357 g/mol. The number of aromatic nitrogens is 4. The van der Waals surface area contributed by atoms with Crippen LogP contribution in [0.15, 0.2) is 24.8 Å². The molecule has 1 fully saturated rings. The second-order valence-corrected chi connectivity index (χ2v) is 7.63. The fourth-order valence-corrected chi connectivity index (χ4v) is 3.47. The molecule has 1 saturated heterocycles. The third kappa shape index (κ3) is 4.72. The van der Waals surface area contributed by atoms with Crippen LogP contribution in [0.1, 0.15) is 38.4 Å². The van der Waals surface area contributed by atoms with Crippen LogP contribution in [0.2, 0.25) is 0 Å². The second-order valence-electron chi connectivity index (χ2n) is 7.63. The first kappa shape index (κ1) is 18.6. The summed E-state index contributed by atoms with van der Waals surface area (Å²) in [5.74, 6) is 3.53. The molecule has 1 N–H and O–H groups in total. The topological polar surface area (TPSA) is 62.1 Å². The van der Waals surface area contributed by atoms with Crippen LogP contribution < -0.4 is 10.2 Å². The molecule has 1 unspecified atom stereocenters. The molecule has 0 amide bonds. The van der Waals surface area contributed by atoms with E-state index in [2.05, 4.69) is 74.8 Å². The smallest absolute Gasteiger partial charge is 0.134 e. The summed E-state index contributed by atoms with van der Waals surface area (Å²) in [6.07, 6.45) is 8.02. The van der Waals surface area contributed by atoms with Gasteiger partial charge < -0.3 is 19.7 Å². The Labute approximate surface area is 156 Å². The third-order valence-electron chi connectivity index (χ3n) is 4.74. The lowest BCUT2D eigenvalue weighted by atomic mass is 9.97. The van der Waals surface area contributed by atoms with E-state index in [1.807, 2.05) is 6.20 Å². The standard InChI is InChI=1S/C19H31N7/c1-15(2)23-17-12-18(22-14-21-17)26-8-5-6-16(13-26)19-20-7-9-25(19)11-10-24(3)4/h7,9,12,14-16H,5-6,8,10-11,13H2,1-4H3,(H,21,22,23). The summed E-state index contributed by atoms with van der Waals surface area (Å²) in [6.45, 7) is 8.23. The zero-order valence-electron chi connectivity index (χ0n) is 16.4. The number of likely N-dealkylation sites (N-methyl/N-ethyl adjacent to an activating group) is 1. The van der Waals surface area contributed by atoms with Gasteiger partial charge in [0.15, 0.2) is 0 Å². The van der Waals surface area contributed by atoms with Crippen LogP contribution in [-0.2, 0) is 6.54 Å². The highest BCUT2D eigenvalue weighted by atomic mass is 15.2. The van der Waals surface area contributed by atoms with Gasteiger partial charge in [-0.15, -0.1) is 0 Å². The predicted molar refractivity (Wildman–Crippen MR) is 106 cm³/mol. The Hall–Kier alpha value is -2.15. The van der Waals surface area contributed by atoms with Crippen molar-refractivity contribution < 1.29 is 0 Å². The minimum absolute atomic E-state index is 0.357. The Morgan fingerprint density at radius 1 is 1.27 bits per heavy atom. The van der Waals surface area contributed by atoms with Gasteiger partial charge in [-0.1, -0.05) is 0 Å². The molecule has 0 aromatic carbocycles. The highest BCUT2D eigenvalue weighted by Crippen LogP contribution is 2.29. The van der Waals surface area contributed by atoms with Crippen LogP contribution in [0.25, 0.3) is 0 Å². The van der Waals surface area contributed by atoms with Crippen LogP contribution in [-0.4, -0.2) is 64.2 Å². The van der Waals surface area contributed by atoms with Gasteiger partial charge in [-0.3, -0.25) is 0 Å². The maximum absolute atomic E-state index is 4.68. The second kappa shape index (κ2) is 8.49. The number of hydrogen-bond donors (Lipinski definition) is 1. The number of imidazole rings is 1. The minimum atomic E-state index is 0.357. The number of hydrogen-bond acceptors (Lipinski definition) is 6. The summed E-state index contributed by atoms with van der Waals surface area (Å²) in [5.41, 5.74) is 0. The Kier molecular flexibility index (Phi) is 6.08. The van der Waals surface area contributed by atoms with Gasteiger partial charge in [-0.25, -0.2) is 15.0 Å². The Bertz CT molecular complexity index is 695. The highest BCUT2D eigenvalue weighted by Gasteiger charge is 2.25. The Morgan fingerprint density at radius 3 is 2.88 bits per heavy atom. The van der Waals surface area contributed by atoms with Gasteiger partial charge in [0.05, 0.1) is 0 Å². The van der Waals surface area contributed by atoms with Crippen molar-refractivity contribution >= 4 is 11.6 Å². The molecular weight excluding hydrogens is 326 g/mol.